The molecule has 0 amide bonds. The van der Waals surface area contributed by atoms with Gasteiger partial charge in [-0.2, -0.15) is 0 Å². The Kier molecular flexibility index (Phi) is 4.48. The van der Waals surface area contributed by atoms with Crippen molar-refractivity contribution in [2.24, 2.45) is 0 Å². The maximum absolute atomic E-state index is 5.96. The van der Waals surface area contributed by atoms with E-state index in [1.54, 1.807) is 0 Å². The van der Waals surface area contributed by atoms with Gasteiger partial charge in [0.1, 0.15) is 6.10 Å². The van der Waals surface area contributed by atoms with Crippen LogP contribution < -0.4 is 14.8 Å². The molecule has 2 atom stereocenters. The molecule has 2 unspecified atom stereocenters. The van der Waals surface area contributed by atoms with Crippen LogP contribution in [0.25, 0.3) is 0 Å². The van der Waals surface area contributed by atoms with Gasteiger partial charge in [-0.05, 0) is 32.4 Å². The van der Waals surface area contributed by atoms with Crippen LogP contribution in [0.3, 0.4) is 0 Å². The van der Waals surface area contributed by atoms with Crippen LogP contribution in [0.2, 0.25) is 0 Å². The van der Waals surface area contributed by atoms with Gasteiger partial charge in [0.25, 0.3) is 0 Å². The van der Waals surface area contributed by atoms with Crippen LogP contribution >= 0.6 is 0 Å². The second-order valence-electron chi connectivity index (χ2n) is 4.78. The number of hydrogen-bond acceptors (Lipinski definition) is 3. The van der Waals surface area contributed by atoms with Gasteiger partial charge in [0.05, 0.1) is 12.6 Å². The first-order valence-electron chi connectivity index (χ1n) is 6.93. The molecule has 0 aromatic heterocycles. The fourth-order valence-corrected chi connectivity index (χ4v) is 2.31. The summed E-state index contributed by atoms with van der Waals surface area (Å²) < 4.78 is 11.7. The Hall–Kier alpha value is -1.22. The van der Waals surface area contributed by atoms with Crippen LogP contribution in [-0.2, 0) is 0 Å². The summed E-state index contributed by atoms with van der Waals surface area (Å²) in [6.45, 7) is 8.14. The summed E-state index contributed by atoms with van der Waals surface area (Å²) in [5.74, 6) is 1.80. The van der Waals surface area contributed by atoms with Gasteiger partial charge in [0, 0.05) is 5.56 Å². The molecule has 1 aliphatic heterocycles. The minimum Gasteiger partial charge on any atom is -0.490 e. The fraction of sp³-hybridized carbons (Fsp3) is 0.600. The smallest absolute Gasteiger partial charge is 0.166 e. The molecule has 1 aromatic rings. The molecule has 0 fully saturated rings. The zero-order chi connectivity index (χ0) is 13.0. The van der Waals surface area contributed by atoms with Crippen molar-refractivity contribution < 1.29 is 9.47 Å². The van der Waals surface area contributed by atoms with Gasteiger partial charge in [-0.15, -0.1) is 0 Å². The molecule has 3 heteroatoms. The fourth-order valence-electron chi connectivity index (χ4n) is 2.31. The zero-order valence-corrected chi connectivity index (χ0v) is 11.5. The molecule has 18 heavy (non-hydrogen) atoms. The van der Waals surface area contributed by atoms with E-state index in [1.165, 1.54) is 5.56 Å². The molecular weight excluding hydrogens is 226 g/mol. The molecule has 1 aliphatic rings. The largest absolute Gasteiger partial charge is 0.490 e. The molecule has 0 spiro atoms. The van der Waals surface area contributed by atoms with E-state index in [-0.39, 0.29) is 12.1 Å². The van der Waals surface area contributed by atoms with Crippen molar-refractivity contribution in [3.63, 3.8) is 0 Å². The first-order valence-corrected chi connectivity index (χ1v) is 6.93. The van der Waals surface area contributed by atoms with Gasteiger partial charge < -0.3 is 14.8 Å². The molecule has 100 valence electrons. The highest BCUT2D eigenvalue weighted by Gasteiger charge is 2.32. The van der Waals surface area contributed by atoms with Gasteiger partial charge in [0.2, 0.25) is 0 Å². The first-order chi connectivity index (χ1) is 8.77. The van der Waals surface area contributed by atoms with Crippen LogP contribution in [-0.4, -0.2) is 19.3 Å². The second kappa shape index (κ2) is 6.10. The van der Waals surface area contributed by atoms with E-state index in [0.717, 1.165) is 37.5 Å². The number of nitrogens with one attached hydrogen (secondary N) is 1. The van der Waals surface area contributed by atoms with Gasteiger partial charge in [-0.1, -0.05) is 26.0 Å². The molecule has 0 bridgehead atoms. The van der Waals surface area contributed by atoms with Crippen molar-refractivity contribution in [2.45, 2.75) is 45.8 Å². The van der Waals surface area contributed by atoms with Crippen molar-refractivity contribution in [1.29, 1.82) is 0 Å². The third-order valence-electron chi connectivity index (χ3n) is 3.19. The van der Waals surface area contributed by atoms with Gasteiger partial charge >= 0.3 is 0 Å². The highest BCUT2D eigenvalue weighted by Crippen LogP contribution is 2.43. The SMILES string of the molecule is CCCNC1c2cccc(OCCC)c2OC1C. The normalized spacial score (nSPS) is 21.5. The molecule has 0 radical (unpaired) electrons. The van der Waals surface area contributed by atoms with Crippen molar-refractivity contribution in [2.75, 3.05) is 13.2 Å². The van der Waals surface area contributed by atoms with E-state index in [9.17, 15) is 0 Å². The Morgan fingerprint density at radius 2 is 2.11 bits per heavy atom. The Bertz CT molecular complexity index is 392. The summed E-state index contributed by atoms with van der Waals surface area (Å²) in [6, 6.07) is 6.45. The van der Waals surface area contributed by atoms with Crippen molar-refractivity contribution in [1.82, 2.24) is 5.32 Å². The second-order valence-corrected chi connectivity index (χ2v) is 4.78. The lowest BCUT2D eigenvalue weighted by Gasteiger charge is -2.15. The van der Waals surface area contributed by atoms with Gasteiger partial charge in [-0.3, -0.25) is 0 Å². The molecule has 2 rings (SSSR count). The quantitative estimate of drug-likeness (QED) is 0.839. The first kappa shape index (κ1) is 13.2. The van der Waals surface area contributed by atoms with E-state index in [1.807, 2.05) is 12.1 Å². The minimum atomic E-state index is 0.165. The van der Waals surface area contributed by atoms with Crippen LogP contribution in [0.5, 0.6) is 11.5 Å². The molecule has 3 nitrogen and oxygen atoms in total. The number of hydrogen-bond donors (Lipinski definition) is 1. The molecule has 0 aliphatic carbocycles. The zero-order valence-electron chi connectivity index (χ0n) is 11.5. The maximum Gasteiger partial charge on any atom is 0.166 e. The van der Waals surface area contributed by atoms with Gasteiger partial charge in [-0.25, -0.2) is 0 Å². The summed E-state index contributed by atoms with van der Waals surface area (Å²) in [6.07, 6.45) is 2.30. The summed E-state index contributed by atoms with van der Waals surface area (Å²) in [5, 5.41) is 3.54. The average molecular weight is 249 g/mol. The van der Waals surface area contributed by atoms with E-state index >= 15 is 0 Å². The minimum absolute atomic E-state index is 0.165. The molecule has 0 saturated heterocycles. The Morgan fingerprint density at radius 1 is 1.28 bits per heavy atom. The lowest BCUT2D eigenvalue weighted by atomic mass is 10.0. The Balaban J connectivity index is 2.19. The highest BCUT2D eigenvalue weighted by atomic mass is 16.5. The summed E-state index contributed by atoms with van der Waals surface area (Å²) in [7, 11) is 0. The van der Waals surface area contributed by atoms with E-state index in [0.29, 0.717) is 0 Å². The summed E-state index contributed by atoms with van der Waals surface area (Å²) in [5.41, 5.74) is 1.23. The number of benzene rings is 1. The Labute approximate surface area is 109 Å². The third kappa shape index (κ3) is 2.61. The molecule has 1 heterocycles. The third-order valence-corrected chi connectivity index (χ3v) is 3.19. The molecule has 0 saturated carbocycles. The monoisotopic (exact) mass is 249 g/mol. The van der Waals surface area contributed by atoms with Crippen LogP contribution in [0.1, 0.15) is 45.2 Å². The number of ether oxygens (including phenoxy) is 2. The average Bonchev–Trinajstić information content (AvgIpc) is 2.70. The summed E-state index contributed by atoms with van der Waals surface area (Å²) in [4.78, 5) is 0. The van der Waals surface area contributed by atoms with Crippen molar-refractivity contribution >= 4 is 0 Å². The van der Waals surface area contributed by atoms with Crippen molar-refractivity contribution in [3.8, 4) is 11.5 Å². The van der Waals surface area contributed by atoms with E-state index in [4.69, 9.17) is 9.47 Å². The summed E-state index contributed by atoms with van der Waals surface area (Å²) >= 11 is 0. The Morgan fingerprint density at radius 3 is 2.83 bits per heavy atom. The van der Waals surface area contributed by atoms with E-state index < -0.39 is 0 Å². The van der Waals surface area contributed by atoms with Crippen LogP contribution in [0.4, 0.5) is 0 Å². The molecule has 1 aromatic carbocycles. The van der Waals surface area contributed by atoms with Gasteiger partial charge in [0.15, 0.2) is 11.5 Å². The van der Waals surface area contributed by atoms with Crippen LogP contribution in [0, 0.1) is 0 Å². The highest BCUT2D eigenvalue weighted by molar-refractivity contribution is 5.51. The number of rotatable bonds is 6. The number of fused-ring (bicyclic) bond motifs is 1. The van der Waals surface area contributed by atoms with Crippen LogP contribution in [0.15, 0.2) is 18.2 Å². The van der Waals surface area contributed by atoms with E-state index in [2.05, 4.69) is 32.2 Å². The topological polar surface area (TPSA) is 30.5 Å². The predicted octanol–water partition coefficient (Wildman–Crippen LogP) is 3.30. The molecule has 1 N–H and O–H groups in total. The van der Waals surface area contributed by atoms with Crippen molar-refractivity contribution in [3.05, 3.63) is 23.8 Å². The predicted molar refractivity (Wildman–Crippen MR) is 73.4 cm³/mol. The maximum atomic E-state index is 5.96. The molecular formula is C15H23NO2. The lowest BCUT2D eigenvalue weighted by molar-refractivity contribution is 0.199. The number of para-hydroxylation sites is 1. The standard InChI is InChI=1S/C15H23NO2/c1-4-9-16-14-11(3)18-15-12(14)7-6-8-13(15)17-10-5-2/h6-8,11,14,16H,4-5,9-10H2,1-3H3. The lowest BCUT2D eigenvalue weighted by Crippen LogP contribution is -2.29.